The van der Waals surface area contributed by atoms with Gasteiger partial charge in [0.05, 0.1) is 27.0 Å². The highest BCUT2D eigenvalue weighted by Crippen LogP contribution is 2.30. The van der Waals surface area contributed by atoms with Crippen LogP contribution in [0.15, 0.2) is 36.5 Å². The van der Waals surface area contributed by atoms with Crippen LogP contribution in [-0.2, 0) is 0 Å². The molecule has 0 aliphatic heterocycles. The van der Waals surface area contributed by atoms with E-state index < -0.39 is 0 Å². The quantitative estimate of drug-likeness (QED) is 0.772. The fourth-order valence-electron chi connectivity index (χ4n) is 2.69. The Hall–Kier alpha value is -3.22. The van der Waals surface area contributed by atoms with Gasteiger partial charge in [0.25, 0.3) is 5.91 Å². The largest absolute Gasteiger partial charge is 0.493 e. The van der Waals surface area contributed by atoms with Gasteiger partial charge >= 0.3 is 0 Å². The molecule has 2 aromatic heterocycles. The number of hydrogen-bond donors (Lipinski definition) is 1. The standard InChI is InChI=1S/C18H19N3O4/c1-11-16(21-9-5-6-14(24-3)17(21)19-11)18(22)20-12-7-8-13(23-2)15(10-12)25-4/h5-10H,1-4H3,(H,20,22). The van der Waals surface area contributed by atoms with E-state index in [-0.39, 0.29) is 5.91 Å². The Labute approximate surface area is 145 Å². The number of hydrogen-bond acceptors (Lipinski definition) is 5. The fourth-order valence-corrected chi connectivity index (χ4v) is 2.69. The maximum absolute atomic E-state index is 12.8. The van der Waals surface area contributed by atoms with Crippen molar-refractivity contribution in [2.75, 3.05) is 26.6 Å². The first-order chi connectivity index (χ1) is 12.1. The van der Waals surface area contributed by atoms with Gasteiger partial charge in [0.1, 0.15) is 5.69 Å². The second-order valence-electron chi connectivity index (χ2n) is 5.34. The average molecular weight is 341 g/mol. The molecule has 3 rings (SSSR count). The second-order valence-corrected chi connectivity index (χ2v) is 5.34. The van der Waals surface area contributed by atoms with Crippen LogP contribution in [0, 0.1) is 6.92 Å². The first-order valence-corrected chi connectivity index (χ1v) is 7.64. The molecule has 0 spiro atoms. The van der Waals surface area contributed by atoms with Gasteiger partial charge in [0, 0.05) is 18.0 Å². The highest BCUT2D eigenvalue weighted by atomic mass is 16.5. The Morgan fingerprint density at radius 1 is 1.04 bits per heavy atom. The van der Waals surface area contributed by atoms with Crippen molar-refractivity contribution in [3.63, 3.8) is 0 Å². The Kier molecular flexibility index (Phi) is 4.47. The van der Waals surface area contributed by atoms with Crippen molar-refractivity contribution < 1.29 is 19.0 Å². The molecule has 1 N–H and O–H groups in total. The summed E-state index contributed by atoms with van der Waals surface area (Å²) in [4.78, 5) is 17.2. The molecule has 0 saturated heterocycles. The van der Waals surface area contributed by atoms with E-state index in [0.717, 1.165) is 0 Å². The van der Waals surface area contributed by atoms with Crippen molar-refractivity contribution in [2.45, 2.75) is 6.92 Å². The number of fused-ring (bicyclic) bond motifs is 1. The van der Waals surface area contributed by atoms with Crippen molar-refractivity contribution in [3.8, 4) is 17.2 Å². The molecule has 7 nitrogen and oxygen atoms in total. The molecule has 25 heavy (non-hydrogen) atoms. The molecule has 2 heterocycles. The van der Waals surface area contributed by atoms with Crippen LogP contribution in [0.2, 0.25) is 0 Å². The minimum Gasteiger partial charge on any atom is -0.493 e. The van der Waals surface area contributed by atoms with E-state index in [9.17, 15) is 4.79 Å². The van der Waals surface area contributed by atoms with Gasteiger partial charge in [-0.05, 0) is 31.2 Å². The van der Waals surface area contributed by atoms with Gasteiger partial charge in [-0.15, -0.1) is 0 Å². The van der Waals surface area contributed by atoms with Crippen LogP contribution >= 0.6 is 0 Å². The SMILES string of the molecule is COc1ccc(NC(=O)c2c(C)nc3c(OC)cccn23)cc1OC. The van der Waals surface area contributed by atoms with Gasteiger partial charge in [0.15, 0.2) is 22.9 Å². The minimum atomic E-state index is -0.273. The molecular weight excluding hydrogens is 322 g/mol. The van der Waals surface area contributed by atoms with E-state index in [0.29, 0.717) is 40.0 Å². The monoisotopic (exact) mass is 341 g/mol. The number of aryl methyl sites for hydroxylation is 1. The number of amides is 1. The highest BCUT2D eigenvalue weighted by molar-refractivity contribution is 6.04. The highest BCUT2D eigenvalue weighted by Gasteiger charge is 2.19. The summed E-state index contributed by atoms with van der Waals surface area (Å²) in [7, 11) is 4.68. The Morgan fingerprint density at radius 2 is 1.76 bits per heavy atom. The predicted molar refractivity (Wildman–Crippen MR) is 94.0 cm³/mol. The zero-order valence-electron chi connectivity index (χ0n) is 14.5. The number of benzene rings is 1. The van der Waals surface area contributed by atoms with Gasteiger partial charge in [-0.25, -0.2) is 4.98 Å². The number of pyridine rings is 1. The minimum absolute atomic E-state index is 0.273. The summed E-state index contributed by atoms with van der Waals surface area (Å²) in [5.41, 5.74) is 2.26. The number of carbonyl (C=O) groups is 1. The van der Waals surface area contributed by atoms with Gasteiger partial charge in [-0.1, -0.05) is 0 Å². The second kappa shape index (κ2) is 6.72. The number of aromatic nitrogens is 2. The Balaban J connectivity index is 1.97. The summed E-state index contributed by atoms with van der Waals surface area (Å²) in [6.07, 6.45) is 1.78. The zero-order valence-corrected chi connectivity index (χ0v) is 14.5. The number of carbonyl (C=O) groups excluding carboxylic acids is 1. The predicted octanol–water partition coefficient (Wildman–Crippen LogP) is 2.92. The van der Waals surface area contributed by atoms with E-state index >= 15 is 0 Å². The third-order valence-electron chi connectivity index (χ3n) is 3.86. The molecular formula is C18H19N3O4. The van der Waals surface area contributed by atoms with Crippen LogP contribution in [0.3, 0.4) is 0 Å². The van der Waals surface area contributed by atoms with Crippen molar-refractivity contribution in [1.29, 1.82) is 0 Å². The topological polar surface area (TPSA) is 74.1 Å². The summed E-state index contributed by atoms with van der Waals surface area (Å²) in [5, 5.41) is 2.86. The lowest BCUT2D eigenvalue weighted by Gasteiger charge is -2.11. The van der Waals surface area contributed by atoms with Crippen molar-refractivity contribution in [3.05, 3.63) is 47.9 Å². The molecule has 0 radical (unpaired) electrons. The van der Waals surface area contributed by atoms with E-state index in [1.54, 1.807) is 69.2 Å². The maximum atomic E-state index is 12.8. The van der Waals surface area contributed by atoms with Crippen molar-refractivity contribution in [2.24, 2.45) is 0 Å². The molecule has 130 valence electrons. The summed E-state index contributed by atoms with van der Waals surface area (Å²) < 4.78 is 17.5. The van der Waals surface area contributed by atoms with Crippen LogP contribution < -0.4 is 19.5 Å². The number of imidazole rings is 1. The number of rotatable bonds is 5. The number of anilines is 1. The molecule has 0 unspecified atom stereocenters. The van der Waals surface area contributed by atoms with Crippen molar-refractivity contribution >= 4 is 17.2 Å². The lowest BCUT2D eigenvalue weighted by atomic mass is 10.2. The Morgan fingerprint density at radius 3 is 2.44 bits per heavy atom. The molecule has 0 atom stereocenters. The molecule has 7 heteroatoms. The molecule has 0 aliphatic rings. The maximum Gasteiger partial charge on any atom is 0.274 e. The molecule has 0 aliphatic carbocycles. The summed E-state index contributed by atoms with van der Waals surface area (Å²) in [6.45, 7) is 1.79. The molecule has 0 saturated carbocycles. The lowest BCUT2D eigenvalue weighted by molar-refractivity contribution is 0.102. The third-order valence-corrected chi connectivity index (χ3v) is 3.86. The number of ether oxygens (including phenoxy) is 3. The summed E-state index contributed by atoms with van der Waals surface area (Å²) in [5.74, 6) is 1.47. The van der Waals surface area contributed by atoms with E-state index in [1.165, 1.54) is 0 Å². The van der Waals surface area contributed by atoms with Gasteiger partial charge in [0.2, 0.25) is 0 Å². The summed E-state index contributed by atoms with van der Waals surface area (Å²) >= 11 is 0. The summed E-state index contributed by atoms with van der Waals surface area (Å²) in [6, 6.07) is 8.80. The van der Waals surface area contributed by atoms with E-state index in [2.05, 4.69) is 10.3 Å². The molecule has 1 aromatic carbocycles. The molecule has 0 fully saturated rings. The van der Waals surface area contributed by atoms with Crippen LogP contribution in [0.25, 0.3) is 5.65 Å². The van der Waals surface area contributed by atoms with Crippen LogP contribution in [0.4, 0.5) is 5.69 Å². The number of nitrogens with zero attached hydrogens (tertiary/aromatic N) is 2. The normalized spacial score (nSPS) is 10.6. The molecule has 3 aromatic rings. The lowest BCUT2D eigenvalue weighted by Crippen LogP contribution is -2.15. The van der Waals surface area contributed by atoms with E-state index in [4.69, 9.17) is 14.2 Å². The van der Waals surface area contributed by atoms with E-state index in [1.807, 2.05) is 0 Å². The van der Waals surface area contributed by atoms with Gasteiger partial charge < -0.3 is 19.5 Å². The third kappa shape index (κ3) is 2.96. The molecule has 1 amide bonds. The van der Waals surface area contributed by atoms with Crippen LogP contribution in [-0.4, -0.2) is 36.6 Å². The zero-order chi connectivity index (χ0) is 18.0. The number of methoxy groups -OCH3 is 3. The van der Waals surface area contributed by atoms with Crippen LogP contribution in [0.1, 0.15) is 16.2 Å². The Bertz CT molecular complexity index is 933. The van der Waals surface area contributed by atoms with Gasteiger partial charge in [-0.2, -0.15) is 0 Å². The van der Waals surface area contributed by atoms with Gasteiger partial charge in [-0.3, -0.25) is 9.20 Å². The molecule has 0 bridgehead atoms. The smallest absolute Gasteiger partial charge is 0.274 e. The fraction of sp³-hybridized carbons (Fsp3) is 0.222. The van der Waals surface area contributed by atoms with Crippen LogP contribution in [0.5, 0.6) is 17.2 Å². The average Bonchev–Trinajstić information content (AvgIpc) is 2.97. The van der Waals surface area contributed by atoms with Crippen molar-refractivity contribution in [1.82, 2.24) is 9.38 Å². The first kappa shape index (κ1) is 16.6. The first-order valence-electron chi connectivity index (χ1n) is 7.64. The number of nitrogens with one attached hydrogen (secondary N) is 1.